The topological polar surface area (TPSA) is 72.3 Å². The van der Waals surface area contributed by atoms with Crippen LogP contribution in [0.3, 0.4) is 0 Å². The van der Waals surface area contributed by atoms with Gasteiger partial charge in [0.1, 0.15) is 11.5 Å². The first-order chi connectivity index (χ1) is 8.70. The summed E-state index contributed by atoms with van der Waals surface area (Å²) in [4.78, 5) is 4.50. The largest absolute Gasteiger partial charge is 0.508 e. The summed E-state index contributed by atoms with van der Waals surface area (Å²) >= 11 is 0. The summed E-state index contributed by atoms with van der Waals surface area (Å²) in [5.41, 5.74) is 7.92. The minimum absolute atomic E-state index is 0.205. The van der Waals surface area contributed by atoms with E-state index >= 15 is 0 Å². The Bertz CT molecular complexity index is 563. The number of fused-ring (bicyclic) bond motifs is 1. The Balaban J connectivity index is 1.82. The van der Waals surface area contributed by atoms with E-state index < -0.39 is 0 Å². The summed E-state index contributed by atoms with van der Waals surface area (Å²) in [6.07, 6.45) is 3.26. The van der Waals surface area contributed by atoms with Crippen molar-refractivity contribution in [1.29, 1.82) is 0 Å². The van der Waals surface area contributed by atoms with Crippen molar-refractivity contribution in [3.05, 3.63) is 47.2 Å². The number of hydrogen-bond donors (Lipinski definition) is 2. The van der Waals surface area contributed by atoms with Crippen LogP contribution in [-0.2, 0) is 19.3 Å². The van der Waals surface area contributed by atoms with Crippen molar-refractivity contribution < 1.29 is 9.52 Å². The summed E-state index contributed by atoms with van der Waals surface area (Å²) in [6.45, 7) is 0. The van der Waals surface area contributed by atoms with Crippen molar-refractivity contribution in [1.82, 2.24) is 4.98 Å². The molecule has 3 N–H and O–H groups in total. The van der Waals surface area contributed by atoms with Crippen LogP contribution in [0.2, 0.25) is 0 Å². The highest BCUT2D eigenvalue weighted by Gasteiger charge is 2.21. The van der Waals surface area contributed by atoms with Gasteiger partial charge in [0.15, 0.2) is 5.89 Å². The molecule has 1 aromatic carbocycles. The van der Waals surface area contributed by atoms with E-state index in [1.54, 1.807) is 12.1 Å². The predicted molar refractivity (Wildman–Crippen MR) is 67.4 cm³/mol. The summed E-state index contributed by atoms with van der Waals surface area (Å²) in [5.74, 6) is 1.96. The third-order valence-corrected chi connectivity index (χ3v) is 3.29. The molecule has 0 amide bonds. The second-order valence-corrected chi connectivity index (χ2v) is 4.83. The lowest BCUT2D eigenvalue weighted by atomic mass is 9.98. The van der Waals surface area contributed by atoms with Crippen LogP contribution < -0.4 is 5.73 Å². The van der Waals surface area contributed by atoms with Crippen LogP contribution in [0.5, 0.6) is 5.75 Å². The highest BCUT2D eigenvalue weighted by atomic mass is 16.4. The van der Waals surface area contributed by atoms with Gasteiger partial charge in [-0.2, -0.15) is 0 Å². The van der Waals surface area contributed by atoms with Gasteiger partial charge in [0, 0.05) is 25.3 Å². The lowest BCUT2D eigenvalue weighted by Gasteiger charge is -2.14. The van der Waals surface area contributed by atoms with Crippen molar-refractivity contribution in [3.8, 4) is 5.75 Å². The van der Waals surface area contributed by atoms with E-state index in [2.05, 4.69) is 4.98 Å². The molecular formula is C14H16N2O2. The van der Waals surface area contributed by atoms with E-state index in [1.807, 2.05) is 12.1 Å². The number of aromatic nitrogens is 1. The molecule has 3 rings (SSSR count). The molecular weight excluding hydrogens is 228 g/mol. The van der Waals surface area contributed by atoms with Gasteiger partial charge in [0.2, 0.25) is 0 Å². The molecule has 18 heavy (non-hydrogen) atoms. The maximum Gasteiger partial charge on any atom is 0.199 e. The monoisotopic (exact) mass is 244 g/mol. The third-order valence-electron chi connectivity index (χ3n) is 3.29. The lowest BCUT2D eigenvalue weighted by molar-refractivity contribution is 0.432. The molecule has 2 aromatic rings. The number of oxazole rings is 1. The molecule has 1 aromatic heterocycles. The van der Waals surface area contributed by atoms with Crippen LogP contribution in [0.4, 0.5) is 0 Å². The number of nitrogens with two attached hydrogens (primary N) is 1. The highest BCUT2D eigenvalue weighted by Crippen LogP contribution is 2.23. The molecule has 0 spiro atoms. The van der Waals surface area contributed by atoms with E-state index in [0.717, 1.165) is 36.3 Å². The number of nitrogens with zero attached hydrogens (tertiary/aromatic N) is 1. The number of aryl methyl sites for hydroxylation is 1. The maximum atomic E-state index is 9.42. The molecule has 0 bridgehead atoms. The van der Waals surface area contributed by atoms with Gasteiger partial charge < -0.3 is 15.3 Å². The summed E-state index contributed by atoms with van der Waals surface area (Å²) in [6, 6.07) is 7.37. The van der Waals surface area contributed by atoms with E-state index in [4.69, 9.17) is 10.2 Å². The zero-order valence-electron chi connectivity index (χ0n) is 10.1. The molecule has 94 valence electrons. The van der Waals surface area contributed by atoms with Gasteiger partial charge >= 0.3 is 0 Å². The normalized spacial score (nSPS) is 18.6. The highest BCUT2D eigenvalue weighted by molar-refractivity contribution is 5.29. The Morgan fingerprint density at radius 1 is 1.44 bits per heavy atom. The Morgan fingerprint density at radius 2 is 2.33 bits per heavy atom. The van der Waals surface area contributed by atoms with Crippen molar-refractivity contribution in [2.75, 3.05) is 0 Å². The number of benzene rings is 1. The fraction of sp³-hybridized carbons (Fsp3) is 0.357. The van der Waals surface area contributed by atoms with Crippen LogP contribution in [-0.4, -0.2) is 16.1 Å². The van der Waals surface area contributed by atoms with Gasteiger partial charge in [-0.15, -0.1) is 0 Å². The van der Waals surface area contributed by atoms with E-state index in [-0.39, 0.29) is 11.8 Å². The second kappa shape index (κ2) is 4.46. The van der Waals surface area contributed by atoms with Crippen molar-refractivity contribution in [2.24, 2.45) is 5.73 Å². The molecule has 1 aliphatic carbocycles. The first-order valence-corrected chi connectivity index (χ1v) is 6.21. The van der Waals surface area contributed by atoms with E-state index in [1.165, 1.54) is 0 Å². The molecule has 0 aliphatic heterocycles. The van der Waals surface area contributed by atoms with Crippen molar-refractivity contribution >= 4 is 0 Å². The Morgan fingerprint density at radius 3 is 3.17 bits per heavy atom. The van der Waals surface area contributed by atoms with Crippen LogP contribution in [0, 0.1) is 0 Å². The second-order valence-electron chi connectivity index (χ2n) is 4.83. The van der Waals surface area contributed by atoms with Gasteiger partial charge in [0.05, 0.1) is 5.69 Å². The van der Waals surface area contributed by atoms with Crippen LogP contribution in [0.25, 0.3) is 0 Å². The SMILES string of the molecule is NC1CCc2oc(Cc3cccc(O)c3)nc2C1. The number of phenols is 1. The quantitative estimate of drug-likeness (QED) is 0.844. The minimum Gasteiger partial charge on any atom is -0.508 e. The minimum atomic E-state index is 0.205. The number of phenolic OH excluding ortho intramolecular Hbond substituents is 1. The van der Waals surface area contributed by atoms with Crippen LogP contribution >= 0.6 is 0 Å². The first kappa shape index (κ1) is 11.3. The molecule has 0 saturated carbocycles. The van der Waals surface area contributed by atoms with Gasteiger partial charge in [-0.25, -0.2) is 4.98 Å². The first-order valence-electron chi connectivity index (χ1n) is 6.21. The molecule has 1 unspecified atom stereocenters. The molecule has 0 saturated heterocycles. The molecule has 0 fully saturated rings. The van der Waals surface area contributed by atoms with E-state index in [0.29, 0.717) is 12.3 Å². The van der Waals surface area contributed by atoms with Crippen molar-refractivity contribution in [2.45, 2.75) is 31.7 Å². The summed E-state index contributed by atoms with van der Waals surface area (Å²) in [5, 5.41) is 9.42. The Labute approximate surface area is 105 Å². The van der Waals surface area contributed by atoms with Gasteiger partial charge in [0.25, 0.3) is 0 Å². The Kier molecular flexibility index (Phi) is 2.80. The molecule has 1 atom stereocenters. The molecule has 4 nitrogen and oxygen atoms in total. The number of rotatable bonds is 2. The third kappa shape index (κ3) is 2.24. The lowest BCUT2D eigenvalue weighted by Crippen LogP contribution is -2.27. The van der Waals surface area contributed by atoms with Gasteiger partial charge in [-0.3, -0.25) is 0 Å². The zero-order valence-corrected chi connectivity index (χ0v) is 10.1. The van der Waals surface area contributed by atoms with Crippen molar-refractivity contribution in [3.63, 3.8) is 0 Å². The average Bonchev–Trinajstić information content (AvgIpc) is 2.70. The standard InChI is InChI=1S/C14H16N2O2/c15-10-4-5-13-12(8-10)16-14(18-13)7-9-2-1-3-11(17)6-9/h1-3,6,10,17H,4-5,7-8,15H2. The molecule has 4 heteroatoms. The van der Waals surface area contributed by atoms with Crippen LogP contribution in [0.15, 0.2) is 28.7 Å². The number of hydrogen-bond acceptors (Lipinski definition) is 4. The Hall–Kier alpha value is -1.81. The van der Waals surface area contributed by atoms with Gasteiger partial charge in [-0.05, 0) is 24.1 Å². The number of aromatic hydroxyl groups is 1. The smallest absolute Gasteiger partial charge is 0.199 e. The predicted octanol–water partition coefficient (Wildman–Crippen LogP) is 1.79. The summed E-state index contributed by atoms with van der Waals surface area (Å²) in [7, 11) is 0. The van der Waals surface area contributed by atoms with Crippen LogP contribution in [0.1, 0.15) is 29.3 Å². The fourth-order valence-electron chi connectivity index (χ4n) is 2.38. The zero-order chi connectivity index (χ0) is 12.5. The molecule has 0 radical (unpaired) electrons. The molecule has 1 aliphatic rings. The molecule has 1 heterocycles. The fourth-order valence-corrected chi connectivity index (χ4v) is 2.38. The van der Waals surface area contributed by atoms with Gasteiger partial charge in [-0.1, -0.05) is 12.1 Å². The maximum absolute atomic E-state index is 9.42. The average molecular weight is 244 g/mol. The van der Waals surface area contributed by atoms with E-state index in [9.17, 15) is 5.11 Å². The summed E-state index contributed by atoms with van der Waals surface area (Å²) < 4.78 is 5.75.